The number of rotatable bonds is 7. The highest BCUT2D eigenvalue weighted by molar-refractivity contribution is 6.17. The minimum Gasteiger partial charge on any atom is -0.481 e. The average molecular weight is 402 g/mol. The van der Waals surface area contributed by atoms with Crippen LogP contribution in [0.4, 0.5) is 16.2 Å². The highest BCUT2D eigenvalue weighted by atomic mass is 16.4. The van der Waals surface area contributed by atoms with Crippen LogP contribution >= 0.6 is 0 Å². The molecule has 1 aliphatic rings. The van der Waals surface area contributed by atoms with Gasteiger partial charge in [0, 0.05) is 26.2 Å². The monoisotopic (exact) mass is 402 g/mol. The Balaban J connectivity index is 2.25. The van der Waals surface area contributed by atoms with Crippen LogP contribution in [-0.4, -0.2) is 58.7 Å². The van der Waals surface area contributed by atoms with E-state index in [1.807, 2.05) is 0 Å². The molecule has 29 heavy (non-hydrogen) atoms. The number of allylic oxidation sites excluding steroid dienone is 1. The van der Waals surface area contributed by atoms with Crippen molar-refractivity contribution in [1.29, 1.82) is 0 Å². The quantitative estimate of drug-likeness (QED) is 0.588. The fraction of sp³-hybridized carbons (Fsp3) is 0.316. The SMILES string of the molecule is C/C=C(\Nc1ccccc1NC(=O)CCC(=O)O)C1C(=O)N(C)C(=O)N(C)C1=O. The molecule has 1 fully saturated rings. The van der Waals surface area contributed by atoms with E-state index in [1.165, 1.54) is 14.1 Å². The van der Waals surface area contributed by atoms with E-state index in [0.29, 0.717) is 11.4 Å². The van der Waals surface area contributed by atoms with E-state index < -0.39 is 35.6 Å². The maximum Gasteiger partial charge on any atom is 0.332 e. The Hall–Kier alpha value is -3.69. The van der Waals surface area contributed by atoms with Crippen molar-refractivity contribution in [2.24, 2.45) is 5.92 Å². The molecular formula is C19H22N4O6. The number of urea groups is 1. The van der Waals surface area contributed by atoms with Crippen molar-refractivity contribution in [1.82, 2.24) is 9.80 Å². The van der Waals surface area contributed by atoms with E-state index in [2.05, 4.69) is 10.6 Å². The number of anilines is 2. The number of imide groups is 2. The second kappa shape index (κ2) is 9.00. The number of carbonyl (C=O) groups is 5. The molecule has 0 bridgehead atoms. The van der Waals surface area contributed by atoms with Gasteiger partial charge in [0.2, 0.25) is 17.7 Å². The van der Waals surface area contributed by atoms with E-state index in [1.54, 1.807) is 37.3 Å². The zero-order valence-electron chi connectivity index (χ0n) is 16.3. The van der Waals surface area contributed by atoms with Gasteiger partial charge in [-0.1, -0.05) is 18.2 Å². The predicted octanol–water partition coefficient (Wildman–Crippen LogP) is 1.47. The molecule has 0 spiro atoms. The average Bonchev–Trinajstić information content (AvgIpc) is 2.69. The molecule has 0 saturated carbocycles. The fourth-order valence-electron chi connectivity index (χ4n) is 2.77. The lowest BCUT2D eigenvalue weighted by Gasteiger charge is -2.34. The number of para-hydroxylation sites is 2. The minimum absolute atomic E-state index is 0.197. The molecule has 154 valence electrons. The first-order valence-corrected chi connectivity index (χ1v) is 8.80. The van der Waals surface area contributed by atoms with E-state index in [-0.39, 0.29) is 18.5 Å². The summed E-state index contributed by atoms with van der Waals surface area (Å²) in [5, 5.41) is 14.3. The number of carboxylic acid groups (broad SMARTS) is 1. The molecule has 1 aliphatic heterocycles. The lowest BCUT2D eigenvalue weighted by Crippen LogP contribution is -2.57. The predicted molar refractivity (Wildman–Crippen MR) is 104 cm³/mol. The number of hydrogen-bond acceptors (Lipinski definition) is 6. The molecule has 1 heterocycles. The van der Waals surface area contributed by atoms with Gasteiger partial charge >= 0.3 is 12.0 Å². The van der Waals surface area contributed by atoms with E-state index in [4.69, 9.17) is 5.11 Å². The van der Waals surface area contributed by atoms with Crippen molar-refractivity contribution >= 4 is 41.1 Å². The molecular weight excluding hydrogens is 380 g/mol. The topological polar surface area (TPSA) is 136 Å². The first kappa shape index (κ1) is 21.6. The molecule has 0 aliphatic carbocycles. The smallest absolute Gasteiger partial charge is 0.332 e. The number of carbonyl (C=O) groups excluding carboxylic acids is 4. The summed E-state index contributed by atoms with van der Waals surface area (Å²) in [5.41, 5.74) is 1.02. The van der Waals surface area contributed by atoms with Crippen LogP contribution in [0.1, 0.15) is 19.8 Å². The van der Waals surface area contributed by atoms with Gasteiger partial charge in [-0.05, 0) is 19.1 Å². The maximum atomic E-state index is 12.5. The van der Waals surface area contributed by atoms with Crippen molar-refractivity contribution in [3.63, 3.8) is 0 Å². The number of carboxylic acids is 1. The van der Waals surface area contributed by atoms with Crippen molar-refractivity contribution in [2.75, 3.05) is 24.7 Å². The largest absolute Gasteiger partial charge is 0.481 e. The van der Waals surface area contributed by atoms with Crippen molar-refractivity contribution in [3.05, 3.63) is 36.0 Å². The van der Waals surface area contributed by atoms with Gasteiger partial charge in [0.05, 0.1) is 17.8 Å². The Morgan fingerprint density at radius 1 is 1.00 bits per heavy atom. The molecule has 3 N–H and O–H groups in total. The summed E-state index contributed by atoms with van der Waals surface area (Å²) in [6, 6.07) is 5.88. The first-order valence-electron chi connectivity index (χ1n) is 8.80. The van der Waals surface area contributed by atoms with Crippen LogP contribution in [0.3, 0.4) is 0 Å². The molecule has 0 atom stereocenters. The molecule has 10 nitrogen and oxygen atoms in total. The normalized spacial score (nSPS) is 15.6. The summed E-state index contributed by atoms with van der Waals surface area (Å²) in [4.78, 5) is 61.4. The zero-order valence-corrected chi connectivity index (χ0v) is 16.3. The van der Waals surface area contributed by atoms with Gasteiger partial charge < -0.3 is 15.7 Å². The van der Waals surface area contributed by atoms with E-state index in [0.717, 1.165) is 9.80 Å². The zero-order chi connectivity index (χ0) is 21.7. The molecule has 10 heteroatoms. The van der Waals surface area contributed by atoms with Crippen LogP contribution in [0.15, 0.2) is 36.0 Å². The Morgan fingerprint density at radius 3 is 2.00 bits per heavy atom. The summed E-state index contributed by atoms with van der Waals surface area (Å²) in [6.45, 7) is 1.63. The van der Waals surface area contributed by atoms with Crippen molar-refractivity contribution in [3.8, 4) is 0 Å². The van der Waals surface area contributed by atoms with Gasteiger partial charge in [0.1, 0.15) is 0 Å². The number of hydrogen-bond donors (Lipinski definition) is 3. The number of nitrogens with one attached hydrogen (secondary N) is 2. The Bertz CT molecular complexity index is 870. The van der Waals surface area contributed by atoms with Gasteiger partial charge in [-0.25, -0.2) is 4.79 Å². The lowest BCUT2D eigenvalue weighted by molar-refractivity contribution is -0.145. The summed E-state index contributed by atoms with van der Waals surface area (Å²) >= 11 is 0. The van der Waals surface area contributed by atoms with Gasteiger partial charge in [-0.2, -0.15) is 0 Å². The molecule has 1 saturated heterocycles. The number of benzene rings is 1. The number of aliphatic carboxylic acids is 1. The summed E-state index contributed by atoms with van der Waals surface area (Å²) in [6.07, 6.45) is 1.04. The third kappa shape index (κ3) is 4.78. The molecule has 0 radical (unpaired) electrons. The van der Waals surface area contributed by atoms with Crippen LogP contribution in [0.2, 0.25) is 0 Å². The molecule has 5 amide bonds. The third-order valence-corrected chi connectivity index (χ3v) is 4.40. The second-order valence-electron chi connectivity index (χ2n) is 6.37. The fourth-order valence-corrected chi connectivity index (χ4v) is 2.77. The van der Waals surface area contributed by atoms with Crippen LogP contribution in [-0.2, 0) is 19.2 Å². The number of nitrogens with zero attached hydrogens (tertiary/aromatic N) is 2. The second-order valence-corrected chi connectivity index (χ2v) is 6.37. The number of barbiturate groups is 1. The Morgan fingerprint density at radius 2 is 1.52 bits per heavy atom. The molecule has 2 rings (SSSR count). The van der Waals surface area contributed by atoms with Crippen LogP contribution in [0.5, 0.6) is 0 Å². The van der Waals surface area contributed by atoms with E-state index in [9.17, 15) is 24.0 Å². The Kier molecular flexibility index (Phi) is 6.71. The van der Waals surface area contributed by atoms with Crippen molar-refractivity contribution in [2.45, 2.75) is 19.8 Å². The molecule has 0 unspecified atom stereocenters. The van der Waals surface area contributed by atoms with Gasteiger partial charge in [0.25, 0.3) is 0 Å². The highest BCUT2D eigenvalue weighted by Gasteiger charge is 2.44. The van der Waals surface area contributed by atoms with Crippen LogP contribution < -0.4 is 10.6 Å². The lowest BCUT2D eigenvalue weighted by atomic mass is 9.99. The third-order valence-electron chi connectivity index (χ3n) is 4.40. The van der Waals surface area contributed by atoms with Crippen LogP contribution in [0.25, 0.3) is 0 Å². The molecule has 1 aromatic carbocycles. The summed E-state index contributed by atoms with van der Waals surface area (Å²) < 4.78 is 0. The first-order chi connectivity index (χ1) is 13.7. The van der Waals surface area contributed by atoms with Crippen LogP contribution in [0, 0.1) is 5.92 Å². The minimum atomic E-state index is -1.23. The molecule has 1 aromatic rings. The standard InChI is InChI=1S/C19H22N4O6/c1-4-11(16-17(27)22(2)19(29)23(3)18(16)28)20-12-7-5-6-8-13(12)21-14(24)9-10-15(25)26/h4-8,16,20H,9-10H2,1-3H3,(H,21,24)(H,25,26)/b11-4-. The summed E-state index contributed by atoms with van der Waals surface area (Å²) in [5.74, 6) is -4.13. The van der Waals surface area contributed by atoms with Gasteiger partial charge in [0.15, 0.2) is 5.92 Å². The Labute approximate surface area is 167 Å². The highest BCUT2D eigenvalue weighted by Crippen LogP contribution is 2.28. The van der Waals surface area contributed by atoms with Crippen molar-refractivity contribution < 1.29 is 29.1 Å². The maximum absolute atomic E-state index is 12.5. The summed E-state index contributed by atoms with van der Waals surface area (Å²) in [7, 11) is 2.59. The number of amides is 5. The van der Waals surface area contributed by atoms with E-state index >= 15 is 0 Å². The van der Waals surface area contributed by atoms with Gasteiger partial charge in [-0.15, -0.1) is 0 Å². The van der Waals surface area contributed by atoms with Gasteiger partial charge in [-0.3, -0.25) is 29.0 Å². The molecule has 0 aromatic heterocycles.